The summed E-state index contributed by atoms with van der Waals surface area (Å²) < 4.78 is 16.9. The number of fused-ring (bicyclic) bond motifs is 1. The SMILES string of the molecule is CCC(CC)n1cc(CN)c(=O)c2cc(F)c(NC3CCCCC3)cc21.Cl. The van der Waals surface area contributed by atoms with E-state index in [0.29, 0.717) is 22.7 Å². The summed E-state index contributed by atoms with van der Waals surface area (Å²) in [5, 5.41) is 3.80. The van der Waals surface area contributed by atoms with Crippen LogP contribution in [0.5, 0.6) is 0 Å². The molecule has 1 aliphatic carbocycles. The molecule has 150 valence electrons. The van der Waals surface area contributed by atoms with Gasteiger partial charge in [0, 0.05) is 35.8 Å². The van der Waals surface area contributed by atoms with Crippen molar-refractivity contribution in [1.82, 2.24) is 4.57 Å². The summed E-state index contributed by atoms with van der Waals surface area (Å²) in [4.78, 5) is 12.7. The van der Waals surface area contributed by atoms with Gasteiger partial charge in [-0.1, -0.05) is 33.1 Å². The highest BCUT2D eigenvalue weighted by atomic mass is 35.5. The van der Waals surface area contributed by atoms with E-state index in [-0.39, 0.29) is 36.2 Å². The number of nitrogens with zero attached hydrogens (tertiary/aromatic N) is 1. The Morgan fingerprint density at radius 2 is 1.89 bits per heavy atom. The van der Waals surface area contributed by atoms with Crippen molar-refractivity contribution in [1.29, 1.82) is 0 Å². The van der Waals surface area contributed by atoms with Crippen molar-refractivity contribution < 1.29 is 4.39 Å². The minimum absolute atomic E-state index is 0. The van der Waals surface area contributed by atoms with Crippen LogP contribution in [0, 0.1) is 5.82 Å². The Morgan fingerprint density at radius 1 is 1.22 bits per heavy atom. The molecule has 0 amide bonds. The van der Waals surface area contributed by atoms with Crippen molar-refractivity contribution in [3.63, 3.8) is 0 Å². The van der Waals surface area contributed by atoms with Gasteiger partial charge in [-0.15, -0.1) is 12.4 Å². The summed E-state index contributed by atoms with van der Waals surface area (Å²) in [5.41, 5.74) is 7.44. The van der Waals surface area contributed by atoms with Crippen LogP contribution in [0.4, 0.5) is 10.1 Å². The zero-order chi connectivity index (χ0) is 18.7. The third kappa shape index (κ3) is 4.46. The molecule has 0 saturated heterocycles. The molecule has 0 radical (unpaired) electrons. The second kappa shape index (κ2) is 9.56. The van der Waals surface area contributed by atoms with E-state index in [1.807, 2.05) is 12.3 Å². The van der Waals surface area contributed by atoms with Gasteiger partial charge in [0.1, 0.15) is 5.82 Å². The molecule has 0 unspecified atom stereocenters. The minimum Gasteiger partial charge on any atom is -0.380 e. The lowest BCUT2D eigenvalue weighted by Crippen LogP contribution is -2.24. The molecule has 1 saturated carbocycles. The largest absolute Gasteiger partial charge is 0.380 e. The molecular formula is C21H31ClFN3O. The Labute approximate surface area is 166 Å². The molecule has 1 fully saturated rings. The first-order chi connectivity index (χ1) is 12.6. The van der Waals surface area contributed by atoms with E-state index in [9.17, 15) is 9.18 Å². The molecule has 6 heteroatoms. The van der Waals surface area contributed by atoms with E-state index in [2.05, 4.69) is 23.7 Å². The van der Waals surface area contributed by atoms with E-state index in [1.54, 1.807) is 0 Å². The zero-order valence-electron chi connectivity index (χ0n) is 16.3. The van der Waals surface area contributed by atoms with Gasteiger partial charge in [0.25, 0.3) is 0 Å². The van der Waals surface area contributed by atoms with Crippen LogP contribution in [0.3, 0.4) is 0 Å². The van der Waals surface area contributed by atoms with Gasteiger partial charge >= 0.3 is 0 Å². The molecule has 27 heavy (non-hydrogen) atoms. The first-order valence-electron chi connectivity index (χ1n) is 9.92. The maximum Gasteiger partial charge on any atom is 0.193 e. The molecule has 4 nitrogen and oxygen atoms in total. The molecule has 0 atom stereocenters. The Bertz CT molecular complexity index is 826. The van der Waals surface area contributed by atoms with E-state index in [0.717, 1.165) is 31.2 Å². The smallest absolute Gasteiger partial charge is 0.193 e. The Morgan fingerprint density at radius 3 is 2.48 bits per heavy atom. The highest BCUT2D eigenvalue weighted by Gasteiger charge is 2.19. The average molecular weight is 396 g/mol. The predicted molar refractivity (Wildman–Crippen MR) is 113 cm³/mol. The van der Waals surface area contributed by atoms with Gasteiger partial charge in [-0.3, -0.25) is 4.79 Å². The molecule has 2 aromatic rings. The normalized spacial score (nSPS) is 15.1. The van der Waals surface area contributed by atoms with Crippen LogP contribution < -0.4 is 16.5 Å². The number of hydrogen-bond acceptors (Lipinski definition) is 3. The summed E-state index contributed by atoms with van der Waals surface area (Å²) in [5.74, 6) is -0.356. The fourth-order valence-corrected chi connectivity index (χ4v) is 4.13. The number of hydrogen-bond donors (Lipinski definition) is 2. The van der Waals surface area contributed by atoms with Crippen LogP contribution in [0.15, 0.2) is 23.1 Å². The van der Waals surface area contributed by atoms with Gasteiger partial charge in [0.05, 0.1) is 11.2 Å². The maximum atomic E-state index is 14.7. The second-order valence-corrected chi connectivity index (χ2v) is 7.39. The van der Waals surface area contributed by atoms with Crippen molar-refractivity contribution in [3.05, 3.63) is 39.9 Å². The lowest BCUT2D eigenvalue weighted by Gasteiger charge is -2.25. The van der Waals surface area contributed by atoms with Crippen LogP contribution in [0.2, 0.25) is 0 Å². The van der Waals surface area contributed by atoms with Crippen LogP contribution in [0.25, 0.3) is 10.9 Å². The molecule has 0 bridgehead atoms. The first kappa shape index (κ1) is 21.7. The summed E-state index contributed by atoms with van der Waals surface area (Å²) in [6, 6.07) is 3.78. The van der Waals surface area contributed by atoms with Crippen LogP contribution in [0.1, 0.15) is 70.4 Å². The second-order valence-electron chi connectivity index (χ2n) is 7.39. The van der Waals surface area contributed by atoms with Crippen LogP contribution in [-0.4, -0.2) is 10.6 Å². The first-order valence-corrected chi connectivity index (χ1v) is 9.92. The molecule has 1 aliphatic rings. The van der Waals surface area contributed by atoms with E-state index in [4.69, 9.17) is 5.73 Å². The van der Waals surface area contributed by atoms with Crippen molar-refractivity contribution in [3.8, 4) is 0 Å². The van der Waals surface area contributed by atoms with Crippen molar-refractivity contribution >= 4 is 29.0 Å². The van der Waals surface area contributed by atoms with Crippen LogP contribution in [-0.2, 0) is 6.54 Å². The third-order valence-corrected chi connectivity index (χ3v) is 5.72. The van der Waals surface area contributed by atoms with Gasteiger partial charge in [0.15, 0.2) is 5.43 Å². The molecule has 0 aliphatic heterocycles. The van der Waals surface area contributed by atoms with Crippen molar-refractivity contribution in [2.24, 2.45) is 5.73 Å². The lowest BCUT2D eigenvalue weighted by molar-refractivity contribution is 0.460. The molecular weight excluding hydrogens is 365 g/mol. The van der Waals surface area contributed by atoms with Crippen molar-refractivity contribution in [2.75, 3.05) is 5.32 Å². The molecule has 1 aromatic heterocycles. The highest BCUT2D eigenvalue weighted by Crippen LogP contribution is 2.29. The number of aromatic nitrogens is 1. The molecule has 1 aromatic carbocycles. The standard InChI is InChI=1S/C21H30FN3O.ClH/c1-3-16(4-2)25-13-14(12-23)21(26)17-10-18(22)19(11-20(17)25)24-15-8-6-5-7-9-15;/h10-11,13,15-16,24H,3-9,12,23H2,1-2H3;1H. The van der Waals surface area contributed by atoms with E-state index in [1.165, 1.54) is 25.3 Å². The molecule has 0 spiro atoms. The van der Waals surface area contributed by atoms with Gasteiger partial charge in [0.2, 0.25) is 0 Å². The summed E-state index contributed by atoms with van der Waals surface area (Å²) in [6.45, 7) is 4.43. The fraction of sp³-hybridized carbons (Fsp3) is 0.571. The quantitative estimate of drug-likeness (QED) is 0.713. The summed E-state index contributed by atoms with van der Waals surface area (Å²) in [6.07, 6.45) is 9.53. The predicted octanol–water partition coefficient (Wildman–Crippen LogP) is 5.13. The van der Waals surface area contributed by atoms with Gasteiger partial charge in [-0.2, -0.15) is 0 Å². The number of nitrogens with one attached hydrogen (secondary N) is 1. The lowest BCUT2D eigenvalue weighted by atomic mass is 9.95. The number of pyridine rings is 1. The Kier molecular flexibility index (Phi) is 7.68. The fourth-order valence-electron chi connectivity index (χ4n) is 4.13. The maximum absolute atomic E-state index is 14.7. The van der Waals surface area contributed by atoms with E-state index >= 15 is 0 Å². The van der Waals surface area contributed by atoms with E-state index < -0.39 is 0 Å². The average Bonchev–Trinajstić information content (AvgIpc) is 2.66. The third-order valence-electron chi connectivity index (χ3n) is 5.72. The van der Waals surface area contributed by atoms with Gasteiger partial charge in [-0.05, 0) is 37.8 Å². The molecule has 1 heterocycles. The van der Waals surface area contributed by atoms with Gasteiger partial charge < -0.3 is 15.6 Å². The minimum atomic E-state index is -0.356. The van der Waals surface area contributed by atoms with Crippen molar-refractivity contribution in [2.45, 2.75) is 77.4 Å². The Balaban J connectivity index is 0.00000261. The number of nitrogens with two attached hydrogens (primary N) is 1. The molecule has 3 rings (SSSR count). The number of anilines is 1. The zero-order valence-corrected chi connectivity index (χ0v) is 17.1. The number of benzene rings is 1. The monoisotopic (exact) mass is 395 g/mol. The highest BCUT2D eigenvalue weighted by molar-refractivity contribution is 5.85. The van der Waals surface area contributed by atoms with Gasteiger partial charge in [-0.25, -0.2) is 4.39 Å². The number of halogens is 2. The van der Waals surface area contributed by atoms with Crippen LogP contribution >= 0.6 is 12.4 Å². The molecule has 3 N–H and O–H groups in total. The summed E-state index contributed by atoms with van der Waals surface area (Å²) in [7, 11) is 0. The number of rotatable bonds is 6. The Hall–Kier alpha value is -1.59. The topological polar surface area (TPSA) is 60.0 Å². The summed E-state index contributed by atoms with van der Waals surface area (Å²) >= 11 is 0.